The zero-order valence-corrected chi connectivity index (χ0v) is 11.4. The van der Waals surface area contributed by atoms with Gasteiger partial charge < -0.3 is 20.5 Å². The van der Waals surface area contributed by atoms with Crippen LogP contribution in [0.25, 0.3) is 0 Å². The van der Waals surface area contributed by atoms with E-state index in [4.69, 9.17) is 26.8 Å². The van der Waals surface area contributed by atoms with E-state index in [9.17, 15) is 4.79 Å². The number of benzene rings is 1. The van der Waals surface area contributed by atoms with Gasteiger partial charge in [0.25, 0.3) is 5.91 Å². The molecule has 1 saturated heterocycles. The monoisotopic (exact) mass is 284 g/mol. The molecule has 2 unspecified atom stereocenters. The lowest BCUT2D eigenvalue weighted by molar-refractivity contribution is -0.0471. The van der Waals surface area contributed by atoms with Crippen LogP contribution in [0.4, 0.5) is 0 Å². The van der Waals surface area contributed by atoms with Gasteiger partial charge in [0, 0.05) is 13.1 Å². The fourth-order valence-corrected chi connectivity index (χ4v) is 2.28. The molecule has 0 spiro atoms. The van der Waals surface area contributed by atoms with E-state index in [2.05, 4.69) is 5.32 Å². The SMILES string of the molecule is CC1CNCC(COc2cccc(Cl)c2C(N)=O)O1. The van der Waals surface area contributed by atoms with Gasteiger partial charge in [-0.15, -0.1) is 0 Å². The summed E-state index contributed by atoms with van der Waals surface area (Å²) in [4.78, 5) is 11.4. The summed E-state index contributed by atoms with van der Waals surface area (Å²) >= 11 is 5.94. The van der Waals surface area contributed by atoms with Crippen LogP contribution >= 0.6 is 11.6 Å². The van der Waals surface area contributed by atoms with Crippen molar-refractivity contribution in [2.75, 3.05) is 19.7 Å². The number of carbonyl (C=O) groups is 1. The Balaban J connectivity index is 2.03. The van der Waals surface area contributed by atoms with Crippen LogP contribution in [0, 0.1) is 0 Å². The van der Waals surface area contributed by atoms with Gasteiger partial charge >= 0.3 is 0 Å². The largest absolute Gasteiger partial charge is 0.490 e. The standard InChI is InChI=1S/C13H17ClN2O3/c1-8-5-16-6-9(19-8)7-18-11-4-2-3-10(14)12(11)13(15)17/h2-4,8-9,16H,5-7H2,1H3,(H2,15,17). The summed E-state index contributed by atoms with van der Waals surface area (Å²) in [5.74, 6) is -0.210. The summed E-state index contributed by atoms with van der Waals surface area (Å²) in [6.45, 7) is 3.89. The maximum absolute atomic E-state index is 11.4. The summed E-state index contributed by atoms with van der Waals surface area (Å²) in [6.07, 6.45) is 0.0979. The predicted octanol–water partition coefficient (Wildman–Crippen LogP) is 1.19. The molecule has 0 radical (unpaired) electrons. The third kappa shape index (κ3) is 3.59. The topological polar surface area (TPSA) is 73.6 Å². The molecule has 1 heterocycles. The van der Waals surface area contributed by atoms with Crippen molar-refractivity contribution in [3.63, 3.8) is 0 Å². The zero-order valence-electron chi connectivity index (χ0n) is 10.7. The minimum Gasteiger partial charge on any atom is -0.490 e. The molecule has 1 amide bonds. The number of carbonyl (C=O) groups excluding carboxylic acids is 1. The highest BCUT2D eigenvalue weighted by molar-refractivity contribution is 6.34. The van der Waals surface area contributed by atoms with E-state index in [0.29, 0.717) is 17.4 Å². The fraction of sp³-hybridized carbons (Fsp3) is 0.462. The number of hydrogen-bond acceptors (Lipinski definition) is 4. The smallest absolute Gasteiger partial charge is 0.253 e. The van der Waals surface area contributed by atoms with Crippen molar-refractivity contribution in [2.45, 2.75) is 19.1 Å². The number of nitrogens with one attached hydrogen (secondary N) is 1. The van der Waals surface area contributed by atoms with Gasteiger partial charge in [-0.05, 0) is 19.1 Å². The molecule has 5 nitrogen and oxygen atoms in total. The number of nitrogens with two attached hydrogens (primary N) is 1. The van der Waals surface area contributed by atoms with Crippen LogP contribution < -0.4 is 15.8 Å². The van der Waals surface area contributed by atoms with Gasteiger partial charge in [0.15, 0.2) is 0 Å². The van der Waals surface area contributed by atoms with E-state index in [0.717, 1.165) is 13.1 Å². The fourth-order valence-electron chi connectivity index (χ4n) is 2.02. The van der Waals surface area contributed by atoms with Crippen molar-refractivity contribution >= 4 is 17.5 Å². The molecule has 0 saturated carbocycles. The van der Waals surface area contributed by atoms with E-state index >= 15 is 0 Å². The molecular formula is C13H17ClN2O3. The molecule has 19 heavy (non-hydrogen) atoms. The molecule has 1 aromatic rings. The van der Waals surface area contributed by atoms with Crippen LogP contribution in [0.15, 0.2) is 18.2 Å². The van der Waals surface area contributed by atoms with Gasteiger partial charge in [-0.25, -0.2) is 0 Å². The molecule has 1 fully saturated rings. The van der Waals surface area contributed by atoms with Crippen molar-refractivity contribution in [3.8, 4) is 5.75 Å². The average molecular weight is 285 g/mol. The third-order valence-electron chi connectivity index (χ3n) is 2.88. The first-order chi connectivity index (χ1) is 9.08. The molecule has 104 valence electrons. The second kappa shape index (κ2) is 6.23. The highest BCUT2D eigenvalue weighted by Gasteiger charge is 2.20. The summed E-state index contributed by atoms with van der Waals surface area (Å²) in [5, 5.41) is 3.54. The Kier molecular flexibility index (Phi) is 4.63. The molecule has 1 aromatic carbocycles. The molecule has 0 aromatic heterocycles. The quantitative estimate of drug-likeness (QED) is 0.871. The number of amides is 1. The van der Waals surface area contributed by atoms with E-state index < -0.39 is 5.91 Å². The van der Waals surface area contributed by atoms with Crippen molar-refractivity contribution < 1.29 is 14.3 Å². The Morgan fingerprint density at radius 1 is 1.58 bits per heavy atom. The van der Waals surface area contributed by atoms with Crippen molar-refractivity contribution in [1.29, 1.82) is 0 Å². The molecule has 6 heteroatoms. The van der Waals surface area contributed by atoms with Crippen LogP contribution in [-0.4, -0.2) is 37.8 Å². The lowest BCUT2D eigenvalue weighted by atomic mass is 10.2. The van der Waals surface area contributed by atoms with Gasteiger partial charge in [-0.1, -0.05) is 17.7 Å². The molecule has 3 N–H and O–H groups in total. The molecule has 0 aliphatic carbocycles. The first-order valence-electron chi connectivity index (χ1n) is 6.15. The number of morpholine rings is 1. The molecule has 2 atom stereocenters. The Bertz CT molecular complexity index is 467. The van der Waals surface area contributed by atoms with Gasteiger partial charge in [-0.3, -0.25) is 4.79 Å². The Morgan fingerprint density at radius 3 is 3.05 bits per heavy atom. The minimum atomic E-state index is -0.600. The van der Waals surface area contributed by atoms with Crippen LogP contribution in [0.1, 0.15) is 17.3 Å². The number of ether oxygens (including phenoxy) is 2. The number of primary amides is 1. The average Bonchev–Trinajstić information content (AvgIpc) is 2.36. The summed E-state index contributed by atoms with van der Waals surface area (Å²) in [6, 6.07) is 4.99. The molecular weight excluding hydrogens is 268 g/mol. The van der Waals surface area contributed by atoms with Crippen LogP contribution in [0.3, 0.4) is 0 Å². The summed E-state index contributed by atoms with van der Waals surface area (Å²) in [5.41, 5.74) is 5.51. The first-order valence-corrected chi connectivity index (χ1v) is 6.53. The lowest BCUT2D eigenvalue weighted by Gasteiger charge is -2.28. The molecule has 2 rings (SSSR count). The van der Waals surface area contributed by atoms with Crippen LogP contribution in [-0.2, 0) is 4.74 Å². The maximum atomic E-state index is 11.4. The number of halogens is 1. The van der Waals surface area contributed by atoms with Crippen LogP contribution in [0.5, 0.6) is 5.75 Å². The summed E-state index contributed by atoms with van der Waals surface area (Å²) in [7, 11) is 0. The second-order valence-corrected chi connectivity index (χ2v) is 4.92. The Morgan fingerprint density at radius 2 is 2.37 bits per heavy atom. The normalized spacial score (nSPS) is 23.1. The summed E-state index contributed by atoms with van der Waals surface area (Å²) < 4.78 is 11.3. The van der Waals surface area contributed by atoms with Crippen LogP contribution in [0.2, 0.25) is 5.02 Å². The minimum absolute atomic E-state index is 0.0524. The van der Waals surface area contributed by atoms with Gasteiger partial charge in [0.2, 0.25) is 0 Å². The molecule has 1 aliphatic heterocycles. The zero-order chi connectivity index (χ0) is 13.8. The van der Waals surface area contributed by atoms with Gasteiger partial charge in [0.05, 0.1) is 16.7 Å². The Labute approximate surface area is 117 Å². The highest BCUT2D eigenvalue weighted by Crippen LogP contribution is 2.26. The second-order valence-electron chi connectivity index (χ2n) is 4.52. The first kappa shape index (κ1) is 14.1. The van der Waals surface area contributed by atoms with Gasteiger partial charge in [0.1, 0.15) is 18.5 Å². The lowest BCUT2D eigenvalue weighted by Crippen LogP contribution is -2.45. The van der Waals surface area contributed by atoms with E-state index in [1.807, 2.05) is 6.92 Å². The molecule has 0 bridgehead atoms. The number of rotatable bonds is 4. The number of hydrogen-bond donors (Lipinski definition) is 2. The Hall–Kier alpha value is -1.30. The van der Waals surface area contributed by atoms with Crippen molar-refractivity contribution in [1.82, 2.24) is 5.32 Å². The van der Waals surface area contributed by atoms with E-state index in [1.165, 1.54) is 0 Å². The van der Waals surface area contributed by atoms with E-state index in [1.54, 1.807) is 18.2 Å². The van der Waals surface area contributed by atoms with Crippen molar-refractivity contribution in [3.05, 3.63) is 28.8 Å². The highest BCUT2D eigenvalue weighted by atomic mass is 35.5. The van der Waals surface area contributed by atoms with Gasteiger partial charge in [-0.2, -0.15) is 0 Å². The van der Waals surface area contributed by atoms with Crippen molar-refractivity contribution in [2.24, 2.45) is 5.73 Å². The molecule has 1 aliphatic rings. The predicted molar refractivity (Wildman–Crippen MR) is 72.7 cm³/mol. The third-order valence-corrected chi connectivity index (χ3v) is 3.19. The maximum Gasteiger partial charge on any atom is 0.253 e. The van der Waals surface area contributed by atoms with E-state index in [-0.39, 0.29) is 17.8 Å².